The van der Waals surface area contributed by atoms with E-state index in [0.717, 1.165) is 11.9 Å². The summed E-state index contributed by atoms with van der Waals surface area (Å²) in [5.41, 5.74) is 2.28. The molecule has 2 aromatic rings. The van der Waals surface area contributed by atoms with E-state index in [0.29, 0.717) is 19.5 Å². The van der Waals surface area contributed by atoms with Crippen LogP contribution in [-0.4, -0.2) is 41.8 Å². The molecular formula is C13H19N3O3S. The number of aromatic amines is 1. The van der Waals surface area contributed by atoms with Crippen LogP contribution in [0, 0.1) is 0 Å². The molecule has 0 spiro atoms. The van der Waals surface area contributed by atoms with Gasteiger partial charge in [0.25, 0.3) is 10.1 Å². The van der Waals surface area contributed by atoms with E-state index in [2.05, 4.69) is 11.1 Å². The maximum Gasteiger partial charge on any atom is 0.264 e. The van der Waals surface area contributed by atoms with E-state index in [1.165, 1.54) is 10.9 Å². The van der Waals surface area contributed by atoms with E-state index < -0.39 is 10.1 Å². The first-order valence-corrected chi connectivity index (χ1v) is 8.06. The lowest BCUT2D eigenvalue weighted by atomic mass is 10.1. The maximum absolute atomic E-state index is 10.6. The third-order valence-electron chi connectivity index (χ3n) is 3.19. The van der Waals surface area contributed by atoms with Crippen LogP contribution in [0.2, 0.25) is 0 Å². The lowest BCUT2D eigenvalue weighted by Crippen LogP contribution is -2.34. The van der Waals surface area contributed by atoms with Crippen LogP contribution in [0.15, 0.2) is 30.5 Å². The molecule has 4 N–H and O–H groups in total. The van der Waals surface area contributed by atoms with Crippen molar-refractivity contribution in [2.75, 3.05) is 18.8 Å². The number of nitrogens with two attached hydrogens (primary N) is 1. The first kappa shape index (κ1) is 15.0. The molecule has 0 fully saturated rings. The van der Waals surface area contributed by atoms with Crippen LogP contribution in [0.5, 0.6) is 0 Å². The summed E-state index contributed by atoms with van der Waals surface area (Å²) in [7, 11) is -3.89. The van der Waals surface area contributed by atoms with Gasteiger partial charge in [0.1, 0.15) is 0 Å². The number of hydrogen-bond acceptors (Lipinski definition) is 4. The molecule has 6 nitrogen and oxygen atoms in total. The zero-order valence-corrected chi connectivity index (χ0v) is 11.9. The average Bonchev–Trinajstić information content (AvgIpc) is 2.78. The fourth-order valence-electron chi connectivity index (χ4n) is 2.16. The summed E-state index contributed by atoms with van der Waals surface area (Å²) in [6, 6.07) is 8.05. The van der Waals surface area contributed by atoms with E-state index in [1.54, 1.807) is 5.01 Å². The summed E-state index contributed by atoms with van der Waals surface area (Å²) in [5.74, 6) is 5.55. The third-order valence-corrected chi connectivity index (χ3v) is 4.00. The summed E-state index contributed by atoms with van der Waals surface area (Å²) in [6.45, 7) is 1.06. The quantitative estimate of drug-likeness (QED) is 0.404. The highest BCUT2D eigenvalue weighted by Gasteiger charge is 2.08. The Hall–Kier alpha value is -1.41. The molecule has 110 valence electrons. The van der Waals surface area contributed by atoms with Gasteiger partial charge in [0.05, 0.1) is 5.75 Å². The highest BCUT2D eigenvalue weighted by atomic mass is 32.2. The van der Waals surface area contributed by atoms with Crippen LogP contribution in [0.1, 0.15) is 12.0 Å². The molecular weight excluding hydrogens is 278 g/mol. The predicted molar refractivity (Wildman–Crippen MR) is 78.8 cm³/mol. The highest BCUT2D eigenvalue weighted by molar-refractivity contribution is 7.85. The Morgan fingerprint density at radius 2 is 2.00 bits per heavy atom. The standard InChI is InChI=1S/C13H19N3O3S/c14-16(7-3-9-20(17,18)19)8-6-11-10-15-13-5-2-1-4-12(11)13/h1-2,4-5,10,15H,3,6-9,14H2,(H,17,18,19). The van der Waals surface area contributed by atoms with Crippen molar-refractivity contribution in [2.45, 2.75) is 12.8 Å². The average molecular weight is 297 g/mol. The minimum atomic E-state index is -3.89. The number of fused-ring (bicyclic) bond motifs is 1. The molecule has 0 aliphatic rings. The molecule has 1 aromatic heterocycles. The summed E-state index contributed by atoms with van der Waals surface area (Å²) >= 11 is 0. The van der Waals surface area contributed by atoms with E-state index in [-0.39, 0.29) is 5.75 Å². The van der Waals surface area contributed by atoms with Gasteiger partial charge in [0.15, 0.2) is 0 Å². The number of H-pyrrole nitrogens is 1. The van der Waals surface area contributed by atoms with Crippen molar-refractivity contribution in [1.82, 2.24) is 9.99 Å². The zero-order chi connectivity index (χ0) is 14.6. The molecule has 0 saturated carbocycles. The van der Waals surface area contributed by atoms with Gasteiger partial charge in [-0.25, -0.2) is 5.01 Å². The topological polar surface area (TPSA) is 99.4 Å². The Bertz CT molecular complexity index is 666. The highest BCUT2D eigenvalue weighted by Crippen LogP contribution is 2.17. The van der Waals surface area contributed by atoms with Crippen molar-refractivity contribution in [3.63, 3.8) is 0 Å². The summed E-state index contributed by atoms with van der Waals surface area (Å²) in [5, 5.41) is 2.76. The largest absolute Gasteiger partial charge is 0.361 e. The number of rotatable bonds is 7. The number of hydrogen-bond donors (Lipinski definition) is 3. The molecule has 2 rings (SSSR count). The van der Waals surface area contributed by atoms with Crippen LogP contribution in [0.3, 0.4) is 0 Å². The number of para-hydroxylation sites is 1. The monoisotopic (exact) mass is 297 g/mol. The molecule has 0 aliphatic carbocycles. The molecule has 1 heterocycles. The van der Waals surface area contributed by atoms with Crippen molar-refractivity contribution < 1.29 is 13.0 Å². The van der Waals surface area contributed by atoms with E-state index >= 15 is 0 Å². The summed E-state index contributed by atoms with van der Waals surface area (Å²) < 4.78 is 29.8. The van der Waals surface area contributed by atoms with Gasteiger partial charge in [0.2, 0.25) is 0 Å². The molecule has 0 aliphatic heterocycles. The summed E-state index contributed by atoms with van der Waals surface area (Å²) in [4.78, 5) is 3.20. The van der Waals surface area contributed by atoms with Gasteiger partial charge in [-0.05, 0) is 24.5 Å². The normalized spacial score (nSPS) is 12.3. The van der Waals surface area contributed by atoms with E-state index in [1.807, 2.05) is 24.4 Å². The van der Waals surface area contributed by atoms with E-state index in [9.17, 15) is 8.42 Å². The van der Waals surface area contributed by atoms with Crippen molar-refractivity contribution >= 4 is 21.0 Å². The number of nitrogens with zero attached hydrogens (tertiary/aromatic N) is 1. The second kappa shape index (κ2) is 6.36. The van der Waals surface area contributed by atoms with Crippen molar-refractivity contribution in [2.24, 2.45) is 5.84 Å². The Balaban J connectivity index is 1.83. The van der Waals surface area contributed by atoms with E-state index in [4.69, 9.17) is 10.4 Å². The first-order chi connectivity index (χ1) is 9.46. The molecule has 7 heteroatoms. The van der Waals surface area contributed by atoms with Crippen molar-refractivity contribution in [3.8, 4) is 0 Å². The fourth-order valence-corrected chi connectivity index (χ4v) is 2.66. The number of aromatic nitrogens is 1. The van der Waals surface area contributed by atoms with Gasteiger partial charge < -0.3 is 4.98 Å². The Morgan fingerprint density at radius 1 is 1.25 bits per heavy atom. The Labute approximate surface area is 118 Å². The lowest BCUT2D eigenvalue weighted by molar-refractivity contribution is 0.287. The Morgan fingerprint density at radius 3 is 2.75 bits per heavy atom. The minimum absolute atomic E-state index is 0.256. The molecule has 1 aromatic carbocycles. The SMILES string of the molecule is NN(CCCS(=O)(=O)O)CCc1c[nH]c2ccccc12. The molecule has 0 radical (unpaired) electrons. The number of hydrazine groups is 1. The molecule has 0 bridgehead atoms. The van der Waals surface area contributed by atoms with Gasteiger partial charge in [-0.2, -0.15) is 8.42 Å². The Kier molecular flexibility index (Phi) is 4.77. The second-order valence-corrected chi connectivity index (χ2v) is 6.36. The zero-order valence-electron chi connectivity index (χ0n) is 11.1. The maximum atomic E-state index is 10.6. The fraction of sp³-hybridized carbons (Fsp3) is 0.385. The van der Waals surface area contributed by atoms with Gasteiger partial charge in [-0.15, -0.1) is 0 Å². The second-order valence-electron chi connectivity index (χ2n) is 4.79. The van der Waals surface area contributed by atoms with Gasteiger partial charge in [-0.3, -0.25) is 10.4 Å². The van der Waals surface area contributed by atoms with Crippen LogP contribution >= 0.6 is 0 Å². The van der Waals surface area contributed by atoms with Crippen LogP contribution in [0.4, 0.5) is 0 Å². The predicted octanol–water partition coefficient (Wildman–Crippen LogP) is 1.16. The summed E-state index contributed by atoms with van der Waals surface area (Å²) in [6.07, 6.45) is 3.08. The van der Waals surface area contributed by atoms with Crippen LogP contribution in [-0.2, 0) is 16.5 Å². The molecule has 0 saturated heterocycles. The third kappa shape index (κ3) is 4.31. The van der Waals surface area contributed by atoms with Crippen LogP contribution < -0.4 is 5.84 Å². The number of benzene rings is 1. The smallest absolute Gasteiger partial charge is 0.264 e. The molecule has 0 atom stereocenters. The lowest BCUT2D eigenvalue weighted by Gasteiger charge is -2.15. The van der Waals surface area contributed by atoms with Gasteiger partial charge in [0, 0.05) is 30.2 Å². The van der Waals surface area contributed by atoms with Gasteiger partial charge in [-0.1, -0.05) is 18.2 Å². The molecule has 0 unspecified atom stereocenters. The van der Waals surface area contributed by atoms with Gasteiger partial charge >= 0.3 is 0 Å². The minimum Gasteiger partial charge on any atom is -0.361 e. The van der Waals surface area contributed by atoms with Crippen molar-refractivity contribution in [1.29, 1.82) is 0 Å². The van der Waals surface area contributed by atoms with Crippen molar-refractivity contribution in [3.05, 3.63) is 36.0 Å². The van der Waals surface area contributed by atoms with Crippen LogP contribution in [0.25, 0.3) is 10.9 Å². The number of nitrogens with one attached hydrogen (secondary N) is 1. The molecule has 20 heavy (non-hydrogen) atoms. The molecule has 0 amide bonds. The first-order valence-electron chi connectivity index (χ1n) is 6.45.